The summed E-state index contributed by atoms with van der Waals surface area (Å²) in [5.41, 5.74) is 17.9. The zero-order valence-electron chi connectivity index (χ0n) is 18.2. The van der Waals surface area contributed by atoms with E-state index < -0.39 is 17.3 Å². The molecule has 0 saturated carbocycles. The largest absolute Gasteiger partial charge is 0.487 e. The molecule has 0 fully saturated rings. The van der Waals surface area contributed by atoms with Crippen LogP contribution in [0.25, 0.3) is 22.0 Å². The highest BCUT2D eigenvalue weighted by Crippen LogP contribution is 2.33. The molecule has 3 aromatic rings. The minimum Gasteiger partial charge on any atom is -0.487 e. The van der Waals surface area contributed by atoms with Crippen LogP contribution in [0.5, 0.6) is 5.75 Å². The second-order valence-corrected chi connectivity index (χ2v) is 7.28. The molecule has 0 bridgehead atoms. The molecule has 0 atom stereocenters. The Bertz CT molecular complexity index is 1300. The molecule has 0 spiro atoms. The Labute approximate surface area is 189 Å². The number of nitrogens with one attached hydrogen (secondary N) is 2. The Kier molecular flexibility index (Phi) is 7.34. The fraction of sp³-hybridized carbons (Fsp3) is 0.167. The van der Waals surface area contributed by atoms with Gasteiger partial charge in [-0.25, -0.2) is 4.39 Å². The summed E-state index contributed by atoms with van der Waals surface area (Å²) in [5, 5.41) is 3.08. The highest BCUT2D eigenvalue weighted by atomic mass is 19.1. The molecule has 0 unspecified atom stereocenters. The van der Waals surface area contributed by atoms with E-state index >= 15 is 0 Å². The number of halogens is 1. The summed E-state index contributed by atoms with van der Waals surface area (Å²) in [6.07, 6.45) is 5.22. The van der Waals surface area contributed by atoms with Crippen LogP contribution in [-0.2, 0) is 0 Å². The number of anilines is 1. The van der Waals surface area contributed by atoms with Crippen molar-refractivity contribution in [1.29, 1.82) is 0 Å². The molecular formula is C24H26FN5O3. The van der Waals surface area contributed by atoms with Gasteiger partial charge in [-0.05, 0) is 43.0 Å². The molecule has 9 heteroatoms. The van der Waals surface area contributed by atoms with Crippen LogP contribution in [0.1, 0.15) is 23.7 Å². The third-order valence-corrected chi connectivity index (χ3v) is 4.91. The second-order valence-electron chi connectivity index (χ2n) is 7.28. The quantitative estimate of drug-likeness (QED) is 0.333. The third-order valence-electron chi connectivity index (χ3n) is 4.91. The normalized spacial score (nSPS) is 11.8. The lowest BCUT2D eigenvalue weighted by atomic mass is 9.99. The van der Waals surface area contributed by atoms with E-state index in [1.165, 1.54) is 24.4 Å². The zero-order chi connectivity index (χ0) is 24.0. The topological polar surface area (TPSA) is 149 Å². The van der Waals surface area contributed by atoms with Crippen molar-refractivity contribution in [3.8, 4) is 16.9 Å². The summed E-state index contributed by atoms with van der Waals surface area (Å²) in [7, 11) is 0. The number of hydrogen-bond donors (Lipinski definition) is 5. The first-order valence-electron chi connectivity index (χ1n) is 10.4. The number of nitrogens with two attached hydrogens (primary N) is 3. The minimum absolute atomic E-state index is 0.0304. The number of aromatic nitrogens is 1. The van der Waals surface area contributed by atoms with Crippen molar-refractivity contribution in [1.82, 2.24) is 10.3 Å². The van der Waals surface area contributed by atoms with Crippen molar-refractivity contribution in [3.05, 3.63) is 82.2 Å². The average Bonchev–Trinajstić information content (AvgIpc) is 2.80. The molecule has 3 rings (SSSR count). The van der Waals surface area contributed by atoms with E-state index in [0.717, 1.165) is 0 Å². The predicted octanol–water partition coefficient (Wildman–Crippen LogP) is 2.75. The summed E-state index contributed by atoms with van der Waals surface area (Å²) in [5.74, 6) is -0.699. The molecule has 0 aliphatic carbocycles. The first-order valence-corrected chi connectivity index (χ1v) is 10.4. The first-order chi connectivity index (χ1) is 15.9. The molecule has 0 aliphatic rings. The molecule has 0 aliphatic heterocycles. The maximum atomic E-state index is 14.8. The number of nitrogen functional groups attached to an aromatic ring is 1. The van der Waals surface area contributed by atoms with Gasteiger partial charge in [-0.15, -0.1) is 0 Å². The molecule has 33 heavy (non-hydrogen) atoms. The third kappa shape index (κ3) is 5.15. The number of allylic oxidation sites excluding steroid dienone is 2. The van der Waals surface area contributed by atoms with E-state index in [2.05, 4.69) is 10.3 Å². The second kappa shape index (κ2) is 10.4. The number of amides is 1. The Morgan fingerprint density at radius 3 is 2.76 bits per heavy atom. The Hall–Kier alpha value is -4.27. The Morgan fingerprint density at radius 1 is 1.24 bits per heavy atom. The van der Waals surface area contributed by atoms with Gasteiger partial charge < -0.3 is 32.2 Å². The Balaban J connectivity index is 2.06. The zero-order valence-corrected chi connectivity index (χ0v) is 18.2. The lowest BCUT2D eigenvalue weighted by Gasteiger charge is -2.14. The highest BCUT2D eigenvalue weighted by Gasteiger charge is 2.20. The van der Waals surface area contributed by atoms with E-state index in [-0.39, 0.29) is 23.4 Å². The van der Waals surface area contributed by atoms with Crippen LogP contribution < -0.4 is 32.8 Å². The molecule has 1 amide bonds. The van der Waals surface area contributed by atoms with Gasteiger partial charge in [0.15, 0.2) is 0 Å². The van der Waals surface area contributed by atoms with E-state index in [0.29, 0.717) is 40.9 Å². The van der Waals surface area contributed by atoms with Crippen LogP contribution >= 0.6 is 0 Å². The van der Waals surface area contributed by atoms with Gasteiger partial charge in [0.1, 0.15) is 23.7 Å². The van der Waals surface area contributed by atoms with Gasteiger partial charge in [-0.2, -0.15) is 0 Å². The van der Waals surface area contributed by atoms with Crippen LogP contribution in [0.2, 0.25) is 0 Å². The van der Waals surface area contributed by atoms with Gasteiger partial charge in [0.25, 0.3) is 11.5 Å². The summed E-state index contributed by atoms with van der Waals surface area (Å²) in [6.45, 7) is 2.38. The maximum Gasteiger partial charge on any atom is 0.263 e. The van der Waals surface area contributed by atoms with Gasteiger partial charge in [0.2, 0.25) is 0 Å². The lowest BCUT2D eigenvalue weighted by molar-refractivity contribution is 0.0953. The lowest BCUT2D eigenvalue weighted by Crippen LogP contribution is -2.31. The monoisotopic (exact) mass is 451 g/mol. The van der Waals surface area contributed by atoms with E-state index in [1.807, 2.05) is 6.92 Å². The summed E-state index contributed by atoms with van der Waals surface area (Å²) in [4.78, 5) is 27.8. The SMILES string of the molecule is CCCNC(=O)c1c(N)c2cccc(-c3cc(OC/C(N)=C/C=C\N)ccc3F)c2[nH]c1=O. The number of para-hydroxylation sites is 1. The predicted molar refractivity (Wildman–Crippen MR) is 128 cm³/mol. The molecule has 8 nitrogen and oxygen atoms in total. The standard InChI is InChI=1S/C24H26FN5O3/c1-2-11-29-23(31)20-21(28)17-7-3-6-16(22(17)30-24(20)32)18-12-15(8-9-19(18)25)33-13-14(27)5-4-10-26/h3-10,12H,2,11,13,26-27H2,1H3,(H,29,31)(H3,28,30,32)/b10-4-,14-5-. The number of fused-ring (bicyclic) bond motifs is 1. The van der Waals surface area contributed by atoms with Gasteiger partial charge in [-0.3, -0.25) is 9.59 Å². The molecule has 1 aromatic heterocycles. The Morgan fingerprint density at radius 2 is 2.03 bits per heavy atom. The number of carbonyl (C=O) groups excluding carboxylic acids is 1. The van der Waals surface area contributed by atoms with Crippen molar-refractivity contribution in [2.45, 2.75) is 13.3 Å². The van der Waals surface area contributed by atoms with Crippen molar-refractivity contribution in [3.63, 3.8) is 0 Å². The summed E-state index contributed by atoms with van der Waals surface area (Å²) < 4.78 is 20.4. The molecule has 8 N–H and O–H groups in total. The molecular weight excluding hydrogens is 425 g/mol. The fourth-order valence-electron chi connectivity index (χ4n) is 3.32. The molecule has 0 radical (unpaired) electrons. The minimum atomic E-state index is -0.653. The number of ether oxygens (including phenoxy) is 1. The van der Waals surface area contributed by atoms with Crippen LogP contribution in [0.15, 0.2) is 65.2 Å². The van der Waals surface area contributed by atoms with Crippen molar-refractivity contribution >= 4 is 22.5 Å². The van der Waals surface area contributed by atoms with Gasteiger partial charge in [0.05, 0.1) is 11.2 Å². The van der Waals surface area contributed by atoms with Crippen LogP contribution in [-0.4, -0.2) is 24.0 Å². The number of pyridine rings is 1. The average molecular weight is 452 g/mol. The molecule has 1 heterocycles. The van der Waals surface area contributed by atoms with Gasteiger partial charge >= 0.3 is 0 Å². The number of hydrogen-bond acceptors (Lipinski definition) is 6. The van der Waals surface area contributed by atoms with Crippen LogP contribution in [0.3, 0.4) is 0 Å². The smallest absolute Gasteiger partial charge is 0.263 e. The van der Waals surface area contributed by atoms with Crippen molar-refractivity contribution in [2.75, 3.05) is 18.9 Å². The van der Waals surface area contributed by atoms with Crippen LogP contribution in [0.4, 0.5) is 10.1 Å². The summed E-state index contributed by atoms with van der Waals surface area (Å²) in [6, 6.07) is 9.23. The highest BCUT2D eigenvalue weighted by molar-refractivity contribution is 6.08. The van der Waals surface area contributed by atoms with Crippen molar-refractivity contribution in [2.24, 2.45) is 11.5 Å². The number of rotatable bonds is 8. The van der Waals surface area contributed by atoms with E-state index in [1.54, 1.807) is 30.4 Å². The fourth-order valence-corrected chi connectivity index (χ4v) is 3.32. The maximum absolute atomic E-state index is 14.8. The van der Waals surface area contributed by atoms with Crippen LogP contribution in [0, 0.1) is 5.82 Å². The van der Waals surface area contributed by atoms with Gasteiger partial charge in [0, 0.05) is 28.8 Å². The van der Waals surface area contributed by atoms with E-state index in [4.69, 9.17) is 21.9 Å². The molecule has 172 valence electrons. The number of benzene rings is 2. The van der Waals surface area contributed by atoms with E-state index in [9.17, 15) is 14.0 Å². The summed E-state index contributed by atoms with van der Waals surface area (Å²) >= 11 is 0. The molecule has 2 aromatic carbocycles. The number of aromatic amines is 1. The number of H-pyrrole nitrogens is 1. The number of carbonyl (C=O) groups is 1. The van der Waals surface area contributed by atoms with Crippen molar-refractivity contribution < 1.29 is 13.9 Å². The first kappa shape index (κ1) is 23.4. The van der Waals surface area contributed by atoms with Gasteiger partial charge in [-0.1, -0.05) is 25.1 Å². The molecule has 0 saturated heterocycles.